The molecular formula is C20H24N2O2. The van der Waals surface area contributed by atoms with Crippen LogP contribution in [0.15, 0.2) is 59.7 Å². The molecule has 0 saturated carbocycles. The number of hydrogen-bond acceptors (Lipinski definition) is 3. The zero-order valence-electron chi connectivity index (χ0n) is 14.2. The molecule has 0 aliphatic carbocycles. The summed E-state index contributed by atoms with van der Waals surface area (Å²) in [7, 11) is 0. The quantitative estimate of drug-likeness (QED) is 0.591. The van der Waals surface area contributed by atoms with E-state index in [9.17, 15) is 4.79 Å². The molecule has 126 valence electrons. The highest BCUT2D eigenvalue weighted by atomic mass is 16.5. The Bertz CT molecular complexity index is 649. The van der Waals surface area contributed by atoms with Crippen molar-refractivity contribution >= 4 is 12.1 Å². The summed E-state index contributed by atoms with van der Waals surface area (Å²) in [5.74, 6) is 0.897. The van der Waals surface area contributed by atoms with E-state index < -0.39 is 0 Å². The summed E-state index contributed by atoms with van der Waals surface area (Å²) < 4.78 is 5.44. The molecule has 0 spiro atoms. The summed E-state index contributed by atoms with van der Waals surface area (Å²) in [4.78, 5) is 11.7. The summed E-state index contributed by atoms with van der Waals surface area (Å²) in [5.41, 5.74) is 4.97. The second-order valence-corrected chi connectivity index (χ2v) is 5.88. The molecule has 2 rings (SSSR count). The topological polar surface area (TPSA) is 50.7 Å². The van der Waals surface area contributed by atoms with Gasteiger partial charge >= 0.3 is 0 Å². The average molecular weight is 324 g/mol. The van der Waals surface area contributed by atoms with Crippen molar-refractivity contribution in [3.8, 4) is 5.75 Å². The third-order valence-electron chi connectivity index (χ3n) is 3.60. The average Bonchev–Trinajstić information content (AvgIpc) is 2.61. The maximum absolute atomic E-state index is 11.7. The van der Waals surface area contributed by atoms with Crippen molar-refractivity contribution in [2.45, 2.75) is 32.6 Å². The first-order chi connectivity index (χ1) is 11.6. The molecule has 0 atom stereocenters. The Morgan fingerprint density at radius 2 is 1.83 bits per heavy atom. The number of rotatable bonds is 8. The van der Waals surface area contributed by atoms with Gasteiger partial charge in [0.25, 0.3) is 5.91 Å². The number of amides is 1. The predicted octanol–water partition coefficient (Wildman–Crippen LogP) is 3.92. The van der Waals surface area contributed by atoms with E-state index in [4.69, 9.17) is 4.74 Å². The zero-order valence-corrected chi connectivity index (χ0v) is 14.2. The lowest BCUT2D eigenvalue weighted by Gasteiger charge is -2.08. The molecule has 2 aromatic carbocycles. The molecule has 0 unspecified atom stereocenters. The minimum atomic E-state index is -0.265. The van der Waals surface area contributed by atoms with E-state index >= 15 is 0 Å². The second-order valence-electron chi connectivity index (χ2n) is 5.88. The van der Waals surface area contributed by atoms with E-state index in [-0.39, 0.29) is 12.5 Å². The van der Waals surface area contributed by atoms with Crippen LogP contribution < -0.4 is 10.2 Å². The number of ether oxygens (including phenoxy) is 1. The molecule has 0 saturated heterocycles. The third kappa shape index (κ3) is 6.24. The Hall–Kier alpha value is -2.62. The van der Waals surface area contributed by atoms with E-state index in [1.807, 2.05) is 42.5 Å². The van der Waals surface area contributed by atoms with Crippen LogP contribution in [0.25, 0.3) is 0 Å². The maximum atomic E-state index is 11.7. The van der Waals surface area contributed by atoms with Gasteiger partial charge in [-0.3, -0.25) is 4.79 Å². The van der Waals surface area contributed by atoms with Crippen LogP contribution in [0.1, 0.15) is 37.3 Å². The summed E-state index contributed by atoms with van der Waals surface area (Å²) in [5, 5.41) is 3.93. The molecule has 4 heteroatoms. The molecule has 0 heterocycles. The van der Waals surface area contributed by atoms with E-state index in [2.05, 4.69) is 36.5 Å². The standard InChI is InChI=1S/C20H24N2O2/c1-16(2)18-10-12-19(13-11-18)24-15-20(23)22-21-14-6-9-17-7-4-3-5-8-17/h3-5,7-8,10-14,16H,6,9,15H2,1-2H3,(H,22,23)/b21-14+. The molecule has 0 aliphatic rings. The summed E-state index contributed by atoms with van der Waals surface area (Å²) in [6.07, 6.45) is 3.39. The van der Waals surface area contributed by atoms with Crippen molar-refractivity contribution in [1.82, 2.24) is 5.43 Å². The van der Waals surface area contributed by atoms with Crippen molar-refractivity contribution in [2.24, 2.45) is 5.10 Å². The van der Waals surface area contributed by atoms with Gasteiger partial charge in [0.2, 0.25) is 0 Å². The fourth-order valence-corrected chi connectivity index (χ4v) is 2.19. The molecule has 0 aromatic heterocycles. The van der Waals surface area contributed by atoms with Gasteiger partial charge in [-0.05, 0) is 42.0 Å². The second kappa shape index (κ2) is 9.50. The molecular weight excluding hydrogens is 300 g/mol. The molecule has 0 radical (unpaired) electrons. The maximum Gasteiger partial charge on any atom is 0.277 e. The fourth-order valence-electron chi connectivity index (χ4n) is 2.19. The van der Waals surface area contributed by atoms with Gasteiger partial charge in [0.1, 0.15) is 5.75 Å². The smallest absolute Gasteiger partial charge is 0.277 e. The van der Waals surface area contributed by atoms with Crippen LogP contribution >= 0.6 is 0 Å². The number of nitrogens with one attached hydrogen (secondary N) is 1. The molecule has 4 nitrogen and oxygen atoms in total. The van der Waals surface area contributed by atoms with E-state index in [1.165, 1.54) is 11.1 Å². The highest BCUT2D eigenvalue weighted by Crippen LogP contribution is 2.18. The molecule has 1 amide bonds. The largest absolute Gasteiger partial charge is 0.484 e. The Morgan fingerprint density at radius 3 is 2.50 bits per heavy atom. The highest BCUT2D eigenvalue weighted by molar-refractivity contribution is 5.78. The highest BCUT2D eigenvalue weighted by Gasteiger charge is 2.03. The lowest BCUT2D eigenvalue weighted by molar-refractivity contribution is -0.123. The van der Waals surface area contributed by atoms with Gasteiger partial charge in [0, 0.05) is 6.21 Å². The van der Waals surface area contributed by atoms with Gasteiger partial charge in [-0.25, -0.2) is 5.43 Å². The van der Waals surface area contributed by atoms with E-state index in [0.29, 0.717) is 11.7 Å². The number of hydrogen-bond donors (Lipinski definition) is 1. The molecule has 0 aliphatic heterocycles. The minimum Gasteiger partial charge on any atom is -0.484 e. The van der Waals surface area contributed by atoms with Crippen molar-refractivity contribution in [1.29, 1.82) is 0 Å². The number of benzene rings is 2. The van der Waals surface area contributed by atoms with Gasteiger partial charge in [0.05, 0.1) is 0 Å². The molecule has 1 N–H and O–H groups in total. The number of hydrazone groups is 1. The van der Waals surface area contributed by atoms with E-state index in [1.54, 1.807) is 6.21 Å². The molecule has 0 bridgehead atoms. The third-order valence-corrected chi connectivity index (χ3v) is 3.60. The summed E-state index contributed by atoms with van der Waals surface area (Å²) in [6.45, 7) is 4.23. The van der Waals surface area contributed by atoms with Crippen LogP contribution in [0.3, 0.4) is 0 Å². The summed E-state index contributed by atoms with van der Waals surface area (Å²) >= 11 is 0. The molecule has 24 heavy (non-hydrogen) atoms. The van der Waals surface area contributed by atoms with Gasteiger partial charge in [-0.15, -0.1) is 0 Å². The van der Waals surface area contributed by atoms with Crippen LogP contribution in [0.4, 0.5) is 0 Å². The normalized spacial score (nSPS) is 11.0. The number of carbonyl (C=O) groups excluding carboxylic acids is 1. The lowest BCUT2D eigenvalue weighted by atomic mass is 10.0. The van der Waals surface area contributed by atoms with Crippen molar-refractivity contribution < 1.29 is 9.53 Å². The first kappa shape index (κ1) is 17.7. The van der Waals surface area contributed by atoms with Crippen molar-refractivity contribution in [2.75, 3.05) is 6.61 Å². The first-order valence-electron chi connectivity index (χ1n) is 8.22. The van der Waals surface area contributed by atoms with Gasteiger partial charge < -0.3 is 4.74 Å². The fraction of sp³-hybridized carbons (Fsp3) is 0.300. The van der Waals surface area contributed by atoms with E-state index in [0.717, 1.165) is 12.8 Å². The number of carbonyl (C=O) groups is 1. The minimum absolute atomic E-state index is 0.0446. The van der Waals surface area contributed by atoms with Gasteiger partial charge in [0.15, 0.2) is 6.61 Å². The monoisotopic (exact) mass is 324 g/mol. The Kier molecular flexibility index (Phi) is 7.02. The lowest BCUT2D eigenvalue weighted by Crippen LogP contribution is -2.24. The zero-order chi connectivity index (χ0) is 17.2. The first-order valence-corrected chi connectivity index (χ1v) is 8.22. The molecule has 0 fully saturated rings. The number of nitrogens with zero attached hydrogens (tertiary/aromatic N) is 1. The summed E-state index contributed by atoms with van der Waals surface area (Å²) in [6, 6.07) is 18.0. The SMILES string of the molecule is CC(C)c1ccc(OCC(=O)N/N=C/CCc2ccccc2)cc1. The van der Waals surface area contributed by atoms with Gasteiger partial charge in [-0.1, -0.05) is 56.3 Å². The van der Waals surface area contributed by atoms with Crippen LogP contribution in [0.2, 0.25) is 0 Å². The number of aryl methyl sites for hydroxylation is 1. The molecule has 2 aromatic rings. The van der Waals surface area contributed by atoms with Crippen LogP contribution in [-0.4, -0.2) is 18.7 Å². The van der Waals surface area contributed by atoms with Crippen molar-refractivity contribution in [3.05, 3.63) is 65.7 Å². The Labute approximate surface area is 143 Å². The Morgan fingerprint density at radius 1 is 1.12 bits per heavy atom. The van der Waals surface area contributed by atoms with Crippen LogP contribution in [0, 0.1) is 0 Å². The Balaban J connectivity index is 1.65. The predicted molar refractivity (Wildman–Crippen MR) is 97.4 cm³/mol. The van der Waals surface area contributed by atoms with Crippen molar-refractivity contribution in [3.63, 3.8) is 0 Å². The van der Waals surface area contributed by atoms with Gasteiger partial charge in [-0.2, -0.15) is 5.10 Å². The van der Waals surface area contributed by atoms with Crippen LogP contribution in [-0.2, 0) is 11.2 Å². The van der Waals surface area contributed by atoms with Crippen LogP contribution in [0.5, 0.6) is 5.75 Å².